The zero-order chi connectivity index (χ0) is 17.2. The maximum Gasteiger partial charge on any atom is 0.210 e. The van der Waals surface area contributed by atoms with Crippen molar-refractivity contribution in [2.24, 2.45) is 0 Å². The van der Waals surface area contributed by atoms with Crippen molar-refractivity contribution in [2.45, 2.75) is 35.1 Å². The summed E-state index contributed by atoms with van der Waals surface area (Å²) >= 11 is 1.68. The van der Waals surface area contributed by atoms with Crippen molar-refractivity contribution >= 4 is 34.8 Å². The fraction of sp³-hybridized carbons (Fsp3) is 0.250. The number of para-hydroxylation sites is 2. The summed E-state index contributed by atoms with van der Waals surface area (Å²) in [4.78, 5) is 19.3. The average Bonchev–Trinajstić information content (AvgIpc) is 3.02. The molecule has 3 N–H and O–H groups in total. The molecule has 4 rings (SSSR count). The van der Waals surface area contributed by atoms with E-state index in [4.69, 9.17) is 5.73 Å². The molecule has 1 aromatic heterocycles. The Morgan fingerprint density at radius 3 is 2.76 bits per heavy atom. The molecular weight excluding hydrogens is 330 g/mol. The Hall–Kier alpha value is -2.40. The van der Waals surface area contributed by atoms with E-state index in [1.165, 1.54) is 10.3 Å². The van der Waals surface area contributed by atoms with Crippen molar-refractivity contribution in [3.8, 4) is 0 Å². The van der Waals surface area contributed by atoms with Gasteiger partial charge < -0.3 is 15.6 Å². The van der Waals surface area contributed by atoms with Crippen molar-refractivity contribution in [2.75, 3.05) is 12.3 Å². The van der Waals surface area contributed by atoms with Crippen LogP contribution in [0.3, 0.4) is 0 Å². The summed E-state index contributed by atoms with van der Waals surface area (Å²) < 4.78 is 0. The second-order valence-electron chi connectivity index (χ2n) is 6.41. The number of nitrogens with two attached hydrogens (primary N) is 1. The molecule has 5 heteroatoms. The molecule has 0 radical (unpaired) electrons. The predicted octanol–water partition coefficient (Wildman–Crippen LogP) is 4.58. The Morgan fingerprint density at radius 1 is 1.12 bits per heavy atom. The molecule has 3 aromatic rings. The Morgan fingerprint density at radius 2 is 1.92 bits per heavy atom. The molecule has 1 unspecified atom stereocenters. The number of nitrogens with one attached hydrogen (secondary N) is 1. The number of likely N-dealkylation sites (tertiary alicyclic amines) is 1. The number of H-pyrrole nitrogens is 1. The van der Waals surface area contributed by atoms with Crippen LogP contribution in [0.5, 0.6) is 0 Å². The van der Waals surface area contributed by atoms with Gasteiger partial charge in [0.25, 0.3) is 0 Å². The fourth-order valence-electron chi connectivity index (χ4n) is 3.56. The number of fused-ring (bicyclic) bond motifs is 1. The minimum atomic E-state index is 0.103. The van der Waals surface area contributed by atoms with E-state index < -0.39 is 0 Å². The quantitative estimate of drug-likeness (QED) is 0.534. The molecular formula is C20H21N3OS. The molecule has 1 amide bonds. The number of anilines is 1. The molecule has 1 fully saturated rings. The Bertz CT molecular complexity index is 905. The third-order valence-electron chi connectivity index (χ3n) is 4.83. The minimum absolute atomic E-state index is 0.103. The van der Waals surface area contributed by atoms with Crippen molar-refractivity contribution in [1.82, 2.24) is 9.88 Å². The molecule has 1 atom stereocenters. The van der Waals surface area contributed by atoms with Crippen LogP contribution >= 0.6 is 11.8 Å². The summed E-state index contributed by atoms with van der Waals surface area (Å²) in [6.07, 6.45) is 4.19. The number of hydrogen-bond acceptors (Lipinski definition) is 3. The molecule has 2 aromatic carbocycles. The van der Waals surface area contributed by atoms with Gasteiger partial charge in [0, 0.05) is 32.9 Å². The summed E-state index contributed by atoms with van der Waals surface area (Å²) in [5.41, 5.74) is 9.17. The van der Waals surface area contributed by atoms with Gasteiger partial charge in [-0.05, 0) is 37.5 Å². The Balaban J connectivity index is 1.83. The maximum atomic E-state index is 11.6. The molecule has 1 saturated heterocycles. The largest absolute Gasteiger partial charge is 0.398 e. The molecule has 0 aliphatic carbocycles. The number of hydrogen-bond donors (Lipinski definition) is 2. The average molecular weight is 351 g/mol. The lowest BCUT2D eigenvalue weighted by molar-refractivity contribution is -0.121. The first kappa shape index (κ1) is 16.1. The zero-order valence-corrected chi connectivity index (χ0v) is 14.8. The van der Waals surface area contributed by atoms with E-state index in [2.05, 4.69) is 23.2 Å². The molecule has 1 aliphatic rings. The van der Waals surface area contributed by atoms with Crippen molar-refractivity contribution in [1.29, 1.82) is 0 Å². The molecule has 4 nitrogen and oxygen atoms in total. The molecule has 0 saturated carbocycles. The van der Waals surface area contributed by atoms with Crippen molar-refractivity contribution in [3.05, 3.63) is 54.2 Å². The summed E-state index contributed by atoms with van der Waals surface area (Å²) in [6, 6.07) is 16.3. The van der Waals surface area contributed by atoms with E-state index in [0.29, 0.717) is 0 Å². The minimum Gasteiger partial charge on any atom is -0.398 e. The highest BCUT2D eigenvalue weighted by Crippen LogP contribution is 2.43. The van der Waals surface area contributed by atoms with Crippen molar-refractivity contribution in [3.63, 3.8) is 0 Å². The maximum absolute atomic E-state index is 11.6. The van der Waals surface area contributed by atoms with E-state index >= 15 is 0 Å². The fourth-order valence-corrected chi connectivity index (χ4v) is 4.69. The second-order valence-corrected chi connectivity index (χ2v) is 7.46. The monoisotopic (exact) mass is 351 g/mol. The van der Waals surface area contributed by atoms with Gasteiger partial charge in [0.1, 0.15) is 0 Å². The van der Waals surface area contributed by atoms with E-state index in [1.54, 1.807) is 11.8 Å². The van der Waals surface area contributed by atoms with E-state index in [9.17, 15) is 4.79 Å². The lowest BCUT2D eigenvalue weighted by Gasteiger charge is -2.32. The molecule has 0 spiro atoms. The number of piperidine rings is 1. The summed E-state index contributed by atoms with van der Waals surface area (Å²) in [6.45, 7) is 0.821. The highest BCUT2D eigenvalue weighted by molar-refractivity contribution is 7.99. The topological polar surface area (TPSA) is 62.1 Å². The van der Waals surface area contributed by atoms with Crippen LogP contribution in [-0.2, 0) is 4.79 Å². The summed E-state index contributed by atoms with van der Waals surface area (Å²) in [7, 11) is 0. The van der Waals surface area contributed by atoms with Crippen LogP contribution in [0.2, 0.25) is 0 Å². The number of rotatable bonds is 4. The lowest BCUT2D eigenvalue weighted by atomic mass is 10.00. The Kier molecular flexibility index (Phi) is 4.40. The van der Waals surface area contributed by atoms with Crippen molar-refractivity contribution < 1.29 is 4.79 Å². The molecule has 1 aliphatic heterocycles. The number of nitrogen functional groups attached to an aromatic ring is 1. The molecule has 128 valence electrons. The van der Waals surface area contributed by atoms with Crippen LogP contribution in [0, 0.1) is 0 Å². The SMILES string of the molecule is Nc1ccccc1Sc1c(C2CCCCN2C=O)[nH]c2ccccc12. The van der Waals surface area contributed by atoms with E-state index in [0.717, 1.165) is 54.0 Å². The Labute approximate surface area is 151 Å². The van der Waals surface area contributed by atoms with E-state index in [-0.39, 0.29) is 6.04 Å². The van der Waals surface area contributed by atoms with Gasteiger partial charge in [-0.25, -0.2) is 0 Å². The predicted molar refractivity (Wildman–Crippen MR) is 103 cm³/mol. The van der Waals surface area contributed by atoms with Crippen LogP contribution < -0.4 is 5.73 Å². The number of amides is 1. The molecule has 0 bridgehead atoms. The van der Waals surface area contributed by atoms with Gasteiger partial charge in [-0.15, -0.1) is 0 Å². The van der Waals surface area contributed by atoms with Gasteiger partial charge in [0.15, 0.2) is 0 Å². The molecule has 2 heterocycles. The van der Waals surface area contributed by atoms with Gasteiger partial charge in [0.2, 0.25) is 6.41 Å². The van der Waals surface area contributed by atoms with Crippen LogP contribution in [-0.4, -0.2) is 22.8 Å². The smallest absolute Gasteiger partial charge is 0.210 e. The number of aromatic amines is 1. The standard InChI is InChI=1S/C20H21N3OS/c21-15-8-2-4-11-18(15)25-20-14-7-1-3-9-16(14)22-19(20)17-10-5-6-12-23(17)13-24/h1-4,7-9,11,13,17,22H,5-6,10,12,21H2. The third-order valence-corrected chi connectivity index (χ3v) is 6.07. The number of aromatic nitrogens is 1. The normalized spacial score (nSPS) is 17.8. The number of nitrogens with zero attached hydrogens (tertiary/aromatic N) is 1. The third kappa shape index (κ3) is 3.00. The first-order valence-corrected chi connectivity index (χ1v) is 9.43. The van der Waals surface area contributed by atoms with Crippen LogP contribution in [0.4, 0.5) is 5.69 Å². The highest BCUT2D eigenvalue weighted by Gasteiger charge is 2.28. The van der Waals surface area contributed by atoms with Gasteiger partial charge in [-0.3, -0.25) is 4.79 Å². The van der Waals surface area contributed by atoms with Crippen LogP contribution in [0.15, 0.2) is 58.3 Å². The van der Waals surface area contributed by atoms with Crippen LogP contribution in [0.1, 0.15) is 31.0 Å². The first-order valence-electron chi connectivity index (χ1n) is 8.62. The first-order chi connectivity index (χ1) is 12.3. The summed E-state index contributed by atoms with van der Waals surface area (Å²) in [5, 5.41) is 1.18. The zero-order valence-electron chi connectivity index (χ0n) is 13.9. The second kappa shape index (κ2) is 6.84. The number of carbonyl (C=O) groups is 1. The number of carbonyl (C=O) groups excluding carboxylic acids is 1. The lowest BCUT2D eigenvalue weighted by Crippen LogP contribution is -2.32. The van der Waals surface area contributed by atoms with Gasteiger partial charge in [-0.1, -0.05) is 42.1 Å². The highest BCUT2D eigenvalue weighted by atomic mass is 32.2. The van der Waals surface area contributed by atoms with Gasteiger partial charge >= 0.3 is 0 Å². The number of benzene rings is 2. The molecule has 25 heavy (non-hydrogen) atoms. The van der Waals surface area contributed by atoms with Crippen LogP contribution in [0.25, 0.3) is 10.9 Å². The van der Waals surface area contributed by atoms with E-state index in [1.807, 2.05) is 35.2 Å². The van der Waals surface area contributed by atoms with Gasteiger partial charge in [-0.2, -0.15) is 0 Å². The summed E-state index contributed by atoms with van der Waals surface area (Å²) in [5.74, 6) is 0. The van der Waals surface area contributed by atoms with Gasteiger partial charge in [0.05, 0.1) is 11.7 Å².